The molecule has 25 heavy (non-hydrogen) atoms. The van der Waals surface area contributed by atoms with Gasteiger partial charge in [-0.3, -0.25) is 4.79 Å². The highest BCUT2D eigenvalue weighted by Gasteiger charge is 2.22. The molecule has 0 aliphatic carbocycles. The molecule has 1 aliphatic heterocycles. The van der Waals surface area contributed by atoms with E-state index in [-0.39, 0.29) is 5.91 Å². The van der Waals surface area contributed by atoms with Gasteiger partial charge in [-0.2, -0.15) is 4.98 Å². The van der Waals surface area contributed by atoms with Gasteiger partial charge < -0.3 is 14.5 Å². The number of methoxy groups -OCH3 is 1. The monoisotopic (exact) mass is 360 g/mol. The van der Waals surface area contributed by atoms with Gasteiger partial charge in [0.15, 0.2) is 0 Å². The van der Waals surface area contributed by atoms with Crippen LogP contribution in [0.25, 0.3) is 0 Å². The molecule has 7 heteroatoms. The summed E-state index contributed by atoms with van der Waals surface area (Å²) >= 11 is 5.88. The van der Waals surface area contributed by atoms with E-state index in [1.165, 1.54) is 0 Å². The minimum atomic E-state index is 0.137. The standard InChI is InChI=1S/C18H21ClN4O2/c1-13-20-16(12-17(21-13)25-2)22-7-9-23(10-8-22)18(24)11-14-3-5-15(19)6-4-14/h3-6,12H,7-11H2,1-2H3. The molecule has 0 saturated carbocycles. The molecule has 1 fully saturated rings. The minimum Gasteiger partial charge on any atom is -0.481 e. The molecule has 6 nitrogen and oxygen atoms in total. The van der Waals surface area contributed by atoms with Crippen molar-refractivity contribution in [3.8, 4) is 5.88 Å². The van der Waals surface area contributed by atoms with Crippen molar-refractivity contribution in [3.05, 3.63) is 46.7 Å². The largest absolute Gasteiger partial charge is 0.481 e. The van der Waals surface area contributed by atoms with Crippen LogP contribution in [0.5, 0.6) is 5.88 Å². The zero-order valence-electron chi connectivity index (χ0n) is 14.4. The Bertz CT molecular complexity index is 743. The molecular formula is C18H21ClN4O2. The highest BCUT2D eigenvalue weighted by Crippen LogP contribution is 2.19. The molecule has 1 aromatic carbocycles. The Morgan fingerprint density at radius 1 is 1.16 bits per heavy atom. The molecule has 0 unspecified atom stereocenters. The Kier molecular flexibility index (Phi) is 5.38. The summed E-state index contributed by atoms with van der Waals surface area (Å²) in [6.07, 6.45) is 0.400. The van der Waals surface area contributed by atoms with Gasteiger partial charge in [0.2, 0.25) is 11.8 Å². The van der Waals surface area contributed by atoms with E-state index in [1.54, 1.807) is 7.11 Å². The normalized spacial score (nSPS) is 14.5. The number of rotatable bonds is 4. The number of hydrogen-bond acceptors (Lipinski definition) is 5. The minimum absolute atomic E-state index is 0.137. The fourth-order valence-corrected chi connectivity index (χ4v) is 2.99. The molecule has 3 rings (SSSR count). The maximum absolute atomic E-state index is 12.5. The molecular weight excluding hydrogens is 340 g/mol. The molecule has 0 spiro atoms. The van der Waals surface area contributed by atoms with Crippen molar-refractivity contribution in [1.29, 1.82) is 0 Å². The molecule has 0 bridgehead atoms. The van der Waals surface area contributed by atoms with Gasteiger partial charge in [0.25, 0.3) is 0 Å². The summed E-state index contributed by atoms with van der Waals surface area (Å²) in [6, 6.07) is 9.25. The maximum Gasteiger partial charge on any atom is 0.227 e. The van der Waals surface area contributed by atoms with Crippen molar-refractivity contribution in [2.75, 3.05) is 38.2 Å². The first kappa shape index (κ1) is 17.5. The number of anilines is 1. The van der Waals surface area contributed by atoms with E-state index in [9.17, 15) is 4.79 Å². The van der Waals surface area contributed by atoms with E-state index in [0.717, 1.165) is 24.5 Å². The maximum atomic E-state index is 12.5. The van der Waals surface area contributed by atoms with Crippen LogP contribution in [0.2, 0.25) is 5.02 Å². The Balaban J connectivity index is 1.58. The molecule has 0 N–H and O–H groups in total. The van der Waals surface area contributed by atoms with E-state index in [2.05, 4.69) is 14.9 Å². The molecule has 2 heterocycles. The topological polar surface area (TPSA) is 58.6 Å². The molecule has 1 saturated heterocycles. The highest BCUT2D eigenvalue weighted by atomic mass is 35.5. The van der Waals surface area contributed by atoms with Gasteiger partial charge in [-0.15, -0.1) is 0 Å². The van der Waals surface area contributed by atoms with Crippen LogP contribution < -0.4 is 9.64 Å². The number of carbonyl (C=O) groups excluding carboxylic acids is 1. The van der Waals surface area contributed by atoms with Gasteiger partial charge in [-0.1, -0.05) is 23.7 Å². The van der Waals surface area contributed by atoms with Crippen LogP contribution in [0.3, 0.4) is 0 Å². The second-order valence-electron chi connectivity index (χ2n) is 5.99. The second-order valence-corrected chi connectivity index (χ2v) is 6.42. The summed E-state index contributed by atoms with van der Waals surface area (Å²) in [6.45, 7) is 4.69. The fraction of sp³-hybridized carbons (Fsp3) is 0.389. The average Bonchev–Trinajstić information content (AvgIpc) is 2.63. The van der Waals surface area contributed by atoms with Gasteiger partial charge in [0.1, 0.15) is 11.6 Å². The summed E-state index contributed by atoms with van der Waals surface area (Å²) in [7, 11) is 1.60. The van der Waals surface area contributed by atoms with Gasteiger partial charge in [0.05, 0.1) is 13.5 Å². The van der Waals surface area contributed by atoms with Gasteiger partial charge >= 0.3 is 0 Å². The Morgan fingerprint density at radius 3 is 2.48 bits per heavy atom. The number of aryl methyl sites for hydroxylation is 1. The number of carbonyl (C=O) groups is 1. The van der Waals surface area contributed by atoms with E-state index < -0.39 is 0 Å². The van der Waals surface area contributed by atoms with Crippen molar-refractivity contribution in [2.45, 2.75) is 13.3 Å². The second kappa shape index (κ2) is 7.70. The van der Waals surface area contributed by atoms with Gasteiger partial charge in [0, 0.05) is 37.3 Å². The lowest BCUT2D eigenvalue weighted by Gasteiger charge is -2.35. The molecule has 132 valence electrons. The van der Waals surface area contributed by atoms with Crippen molar-refractivity contribution in [3.63, 3.8) is 0 Å². The smallest absolute Gasteiger partial charge is 0.227 e. The van der Waals surface area contributed by atoms with Gasteiger partial charge in [-0.05, 0) is 24.6 Å². The van der Waals surface area contributed by atoms with E-state index in [4.69, 9.17) is 16.3 Å². The Labute approximate surface area is 152 Å². The fourth-order valence-electron chi connectivity index (χ4n) is 2.87. The average molecular weight is 361 g/mol. The summed E-state index contributed by atoms with van der Waals surface area (Å²) in [5, 5.41) is 0.681. The van der Waals surface area contributed by atoms with Crippen LogP contribution in [0, 0.1) is 6.92 Å². The molecule has 1 aromatic heterocycles. The lowest BCUT2D eigenvalue weighted by atomic mass is 10.1. The summed E-state index contributed by atoms with van der Waals surface area (Å²) in [4.78, 5) is 25.2. The number of piperazine rings is 1. The first-order valence-corrected chi connectivity index (χ1v) is 8.60. The van der Waals surface area contributed by atoms with E-state index in [0.29, 0.717) is 36.2 Å². The van der Waals surface area contributed by atoms with Crippen LogP contribution in [0.1, 0.15) is 11.4 Å². The lowest BCUT2D eigenvalue weighted by molar-refractivity contribution is -0.130. The van der Waals surface area contributed by atoms with Crippen molar-refractivity contribution >= 4 is 23.3 Å². The van der Waals surface area contributed by atoms with Crippen LogP contribution >= 0.6 is 11.6 Å². The summed E-state index contributed by atoms with van der Waals surface area (Å²) < 4.78 is 5.21. The predicted molar refractivity (Wildman–Crippen MR) is 97.3 cm³/mol. The number of aromatic nitrogens is 2. The molecule has 0 radical (unpaired) electrons. The van der Waals surface area contributed by atoms with Crippen LogP contribution in [0.4, 0.5) is 5.82 Å². The number of nitrogens with zero attached hydrogens (tertiary/aromatic N) is 4. The number of amides is 1. The molecule has 2 aromatic rings. The summed E-state index contributed by atoms with van der Waals surface area (Å²) in [5.41, 5.74) is 0.980. The third-order valence-electron chi connectivity index (χ3n) is 4.24. The van der Waals surface area contributed by atoms with Crippen molar-refractivity contribution in [2.24, 2.45) is 0 Å². The van der Waals surface area contributed by atoms with Crippen LogP contribution in [-0.4, -0.2) is 54.1 Å². The quantitative estimate of drug-likeness (QED) is 0.837. The van der Waals surface area contributed by atoms with Crippen LogP contribution in [-0.2, 0) is 11.2 Å². The third kappa shape index (κ3) is 4.39. The Hall–Kier alpha value is -2.34. The highest BCUT2D eigenvalue weighted by molar-refractivity contribution is 6.30. The first-order valence-electron chi connectivity index (χ1n) is 8.22. The third-order valence-corrected chi connectivity index (χ3v) is 4.49. The molecule has 1 aliphatic rings. The lowest BCUT2D eigenvalue weighted by Crippen LogP contribution is -2.49. The molecule has 0 atom stereocenters. The number of hydrogen-bond donors (Lipinski definition) is 0. The molecule has 1 amide bonds. The zero-order chi connectivity index (χ0) is 17.8. The van der Waals surface area contributed by atoms with Crippen molar-refractivity contribution < 1.29 is 9.53 Å². The number of ether oxygens (including phenoxy) is 1. The van der Waals surface area contributed by atoms with E-state index >= 15 is 0 Å². The first-order chi connectivity index (χ1) is 12.0. The Morgan fingerprint density at radius 2 is 1.84 bits per heavy atom. The number of benzene rings is 1. The van der Waals surface area contributed by atoms with Gasteiger partial charge in [-0.25, -0.2) is 4.98 Å². The number of halogens is 1. The van der Waals surface area contributed by atoms with Crippen LogP contribution in [0.15, 0.2) is 30.3 Å². The zero-order valence-corrected chi connectivity index (χ0v) is 15.2. The SMILES string of the molecule is COc1cc(N2CCN(C(=O)Cc3ccc(Cl)cc3)CC2)nc(C)n1. The summed E-state index contributed by atoms with van der Waals surface area (Å²) in [5.74, 6) is 2.21. The predicted octanol–water partition coefficient (Wildman–Crippen LogP) is 2.34. The van der Waals surface area contributed by atoms with Crippen molar-refractivity contribution in [1.82, 2.24) is 14.9 Å². The van der Waals surface area contributed by atoms with E-state index in [1.807, 2.05) is 42.2 Å².